The van der Waals surface area contributed by atoms with E-state index in [-0.39, 0.29) is 6.10 Å². The third-order valence-corrected chi connectivity index (χ3v) is 3.66. The van der Waals surface area contributed by atoms with Crippen molar-refractivity contribution in [3.8, 4) is 0 Å². The summed E-state index contributed by atoms with van der Waals surface area (Å²) in [6, 6.07) is 0. The Kier molecular flexibility index (Phi) is 4.85. The molecule has 0 aromatic carbocycles. The van der Waals surface area contributed by atoms with Crippen molar-refractivity contribution in [2.24, 2.45) is 0 Å². The van der Waals surface area contributed by atoms with Crippen LogP contribution in [0.15, 0.2) is 15.9 Å². The van der Waals surface area contributed by atoms with Crippen LogP contribution in [-0.2, 0) is 0 Å². The molecular weight excluding hydrogens is 238 g/mol. The van der Waals surface area contributed by atoms with E-state index in [4.69, 9.17) is 4.42 Å². The average molecular weight is 257 g/mol. The zero-order valence-corrected chi connectivity index (χ0v) is 10.9. The standard InChI is InChI=1S/C11H19N3O2S/c1-9-7-16-11(13-9)17-8-10(15)6-14-4-2-12-3-5-14/h7,10,12,15H,2-6,8H2,1H3. The maximum atomic E-state index is 9.92. The maximum Gasteiger partial charge on any atom is 0.255 e. The van der Waals surface area contributed by atoms with Crippen molar-refractivity contribution in [1.82, 2.24) is 15.2 Å². The first-order valence-electron chi connectivity index (χ1n) is 5.90. The number of aliphatic hydroxyl groups excluding tert-OH is 1. The van der Waals surface area contributed by atoms with E-state index in [2.05, 4.69) is 15.2 Å². The van der Waals surface area contributed by atoms with Gasteiger partial charge < -0.3 is 14.8 Å². The van der Waals surface area contributed by atoms with Crippen molar-refractivity contribution in [2.75, 3.05) is 38.5 Å². The number of aryl methyl sites for hydroxylation is 1. The lowest BCUT2D eigenvalue weighted by Crippen LogP contribution is -2.46. The van der Waals surface area contributed by atoms with Gasteiger partial charge >= 0.3 is 0 Å². The van der Waals surface area contributed by atoms with Crippen LogP contribution in [0.3, 0.4) is 0 Å². The predicted octanol–water partition coefficient (Wildman–Crippen LogP) is 0.341. The summed E-state index contributed by atoms with van der Waals surface area (Å²) in [6.07, 6.45) is 1.30. The van der Waals surface area contributed by atoms with Crippen molar-refractivity contribution in [3.05, 3.63) is 12.0 Å². The molecule has 2 heterocycles. The number of hydrogen-bond acceptors (Lipinski definition) is 6. The molecule has 0 amide bonds. The zero-order valence-electron chi connectivity index (χ0n) is 10.1. The number of nitrogens with one attached hydrogen (secondary N) is 1. The molecule has 1 aromatic heterocycles. The summed E-state index contributed by atoms with van der Waals surface area (Å²) < 4.78 is 5.22. The molecule has 2 N–H and O–H groups in total. The van der Waals surface area contributed by atoms with Crippen LogP contribution in [0.5, 0.6) is 0 Å². The van der Waals surface area contributed by atoms with Gasteiger partial charge in [-0.2, -0.15) is 0 Å². The number of hydrogen-bond donors (Lipinski definition) is 2. The second-order valence-electron chi connectivity index (χ2n) is 4.27. The number of nitrogens with zero attached hydrogens (tertiary/aromatic N) is 2. The van der Waals surface area contributed by atoms with Crippen LogP contribution in [0.4, 0.5) is 0 Å². The van der Waals surface area contributed by atoms with Crippen molar-refractivity contribution in [1.29, 1.82) is 0 Å². The second kappa shape index (κ2) is 6.39. The van der Waals surface area contributed by atoms with Gasteiger partial charge in [-0.1, -0.05) is 11.8 Å². The van der Waals surface area contributed by atoms with Crippen LogP contribution in [0.25, 0.3) is 0 Å². The van der Waals surface area contributed by atoms with Gasteiger partial charge in [0.05, 0.1) is 11.8 Å². The molecule has 1 unspecified atom stereocenters. The van der Waals surface area contributed by atoms with E-state index in [0.29, 0.717) is 11.0 Å². The fraction of sp³-hybridized carbons (Fsp3) is 0.727. The van der Waals surface area contributed by atoms with Crippen LogP contribution < -0.4 is 5.32 Å². The molecule has 2 rings (SSSR count). The third kappa shape index (κ3) is 4.31. The molecule has 1 aliphatic rings. The van der Waals surface area contributed by atoms with Gasteiger partial charge in [0, 0.05) is 38.5 Å². The van der Waals surface area contributed by atoms with Crippen LogP contribution in [-0.4, -0.2) is 59.6 Å². The van der Waals surface area contributed by atoms with Crippen LogP contribution in [0.1, 0.15) is 5.69 Å². The highest BCUT2D eigenvalue weighted by Gasteiger charge is 2.15. The molecule has 0 saturated carbocycles. The molecule has 6 heteroatoms. The Morgan fingerprint density at radius 1 is 1.59 bits per heavy atom. The first kappa shape index (κ1) is 12.9. The Balaban J connectivity index is 1.68. The van der Waals surface area contributed by atoms with Gasteiger partial charge in [0.25, 0.3) is 5.22 Å². The number of thioether (sulfide) groups is 1. The highest BCUT2D eigenvalue weighted by molar-refractivity contribution is 7.99. The Hall–Kier alpha value is -0.560. The van der Waals surface area contributed by atoms with E-state index in [9.17, 15) is 5.11 Å². The van der Waals surface area contributed by atoms with Crippen LogP contribution in [0, 0.1) is 6.92 Å². The van der Waals surface area contributed by atoms with E-state index in [1.165, 1.54) is 11.8 Å². The van der Waals surface area contributed by atoms with Gasteiger partial charge in [-0.25, -0.2) is 4.98 Å². The van der Waals surface area contributed by atoms with Crippen molar-refractivity contribution in [3.63, 3.8) is 0 Å². The summed E-state index contributed by atoms with van der Waals surface area (Å²) in [5.74, 6) is 0.629. The summed E-state index contributed by atoms with van der Waals surface area (Å²) in [5.41, 5.74) is 0.879. The quantitative estimate of drug-likeness (QED) is 0.742. The SMILES string of the molecule is Cc1coc(SCC(O)CN2CCNCC2)n1. The maximum absolute atomic E-state index is 9.92. The van der Waals surface area contributed by atoms with Crippen molar-refractivity contribution in [2.45, 2.75) is 18.3 Å². The molecule has 0 aliphatic carbocycles. The normalized spacial score (nSPS) is 19.4. The lowest BCUT2D eigenvalue weighted by atomic mass is 10.3. The molecule has 0 bridgehead atoms. The number of β-amino-alcohol motifs (C(OH)–C–C–N with tert-alkyl or cyclic N) is 1. The first-order valence-corrected chi connectivity index (χ1v) is 6.88. The second-order valence-corrected chi connectivity index (χ2v) is 5.24. The minimum atomic E-state index is -0.328. The Bertz CT molecular complexity index is 339. The van der Waals surface area contributed by atoms with E-state index >= 15 is 0 Å². The summed E-state index contributed by atoms with van der Waals surface area (Å²) in [7, 11) is 0. The average Bonchev–Trinajstić information content (AvgIpc) is 2.74. The number of piperazine rings is 1. The lowest BCUT2D eigenvalue weighted by molar-refractivity contribution is 0.121. The fourth-order valence-corrected chi connectivity index (χ4v) is 2.58. The van der Waals surface area contributed by atoms with E-state index < -0.39 is 0 Å². The summed E-state index contributed by atoms with van der Waals surface area (Å²) in [6.45, 7) is 6.68. The number of aromatic nitrogens is 1. The molecule has 1 saturated heterocycles. The molecule has 0 spiro atoms. The molecule has 17 heavy (non-hydrogen) atoms. The largest absolute Gasteiger partial charge is 0.440 e. The van der Waals surface area contributed by atoms with Gasteiger partial charge in [-0.15, -0.1) is 0 Å². The van der Waals surface area contributed by atoms with Gasteiger partial charge in [0.2, 0.25) is 0 Å². The minimum absolute atomic E-state index is 0.328. The zero-order chi connectivity index (χ0) is 12.1. The third-order valence-electron chi connectivity index (χ3n) is 2.68. The molecule has 1 atom stereocenters. The summed E-state index contributed by atoms with van der Waals surface area (Å²) in [5, 5.41) is 13.9. The molecular formula is C11H19N3O2S. The van der Waals surface area contributed by atoms with E-state index in [1.807, 2.05) is 6.92 Å². The van der Waals surface area contributed by atoms with Crippen LogP contribution >= 0.6 is 11.8 Å². The number of rotatable bonds is 5. The highest BCUT2D eigenvalue weighted by Crippen LogP contribution is 2.17. The Morgan fingerprint density at radius 3 is 3.00 bits per heavy atom. The Morgan fingerprint density at radius 2 is 2.35 bits per heavy atom. The number of aliphatic hydroxyl groups is 1. The van der Waals surface area contributed by atoms with Gasteiger partial charge in [0.15, 0.2) is 0 Å². The molecule has 1 aliphatic heterocycles. The summed E-state index contributed by atoms with van der Waals surface area (Å²) >= 11 is 1.47. The first-order chi connectivity index (χ1) is 8.24. The van der Waals surface area contributed by atoms with E-state index in [0.717, 1.165) is 38.4 Å². The van der Waals surface area contributed by atoms with Crippen molar-refractivity contribution < 1.29 is 9.52 Å². The van der Waals surface area contributed by atoms with Gasteiger partial charge in [-0.05, 0) is 6.92 Å². The van der Waals surface area contributed by atoms with E-state index in [1.54, 1.807) is 6.26 Å². The lowest BCUT2D eigenvalue weighted by Gasteiger charge is -2.28. The molecule has 96 valence electrons. The summed E-state index contributed by atoms with van der Waals surface area (Å²) in [4.78, 5) is 6.47. The highest BCUT2D eigenvalue weighted by atomic mass is 32.2. The topological polar surface area (TPSA) is 61.5 Å². The van der Waals surface area contributed by atoms with Crippen molar-refractivity contribution >= 4 is 11.8 Å². The smallest absolute Gasteiger partial charge is 0.255 e. The van der Waals surface area contributed by atoms with Gasteiger partial charge in [-0.3, -0.25) is 4.90 Å². The minimum Gasteiger partial charge on any atom is -0.440 e. The molecule has 0 radical (unpaired) electrons. The van der Waals surface area contributed by atoms with Gasteiger partial charge in [0.1, 0.15) is 6.26 Å². The molecule has 1 aromatic rings. The monoisotopic (exact) mass is 257 g/mol. The molecule has 1 fully saturated rings. The predicted molar refractivity (Wildman–Crippen MR) is 67.3 cm³/mol. The molecule has 5 nitrogen and oxygen atoms in total. The fourth-order valence-electron chi connectivity index (χ4n) is 1.81. The number of oxazole rings is 1. The van der Waals surface area contributed by atoms with Crippen LogP contribution in [0.2, 0.25) is 0 Å². The Labute approximate surface area is 106 Å².